The van der Waals surface area contributed by atoms with E-state index in [1.165, 1.54) is 6.33 Å². The van der Waals surface area contributed by atoms with Gasteiger partial charge in [-0.15, -0.1) is 11.3 Å². The molecule has 0 saturated carbocycles. The van der Waals surface area contributed by atoms with E-state index >= 15 is 0 Å². The molecular weight excluding hydrogens is 360 g/mol. The van der Waals surface area contributed by atoms with Crippen LogP contribution in [0.15, 0.2) is 40.2 Å². The molecule has 0 aliphatic carbocycles. The monoisotopic (exact) mass is 380 g/mol. The fourth-order valence-electron chi connectivity index (χ4n) is 4.41. The number of likely N-dealkylation sites (tertiary alicyclic amines) is 1. The van der Waals surface area contributed by atoms with Crippen molar-refractivity contribution >= 4 is 17.2 Å². The van der Waals surface area contributed by atoms with Gasteiger partial charge in [-0.05, 0) is 18.4 Å². The van der Waals surface area contributed by atoms with Gasteiger partial charge in [-0.3, -0.25) is 9.69 Å². The first kappa shape index (κ1) is 16.6. The average Bonchev–Trinajstić information content (AvgIpc) is 3.15. The van der Waals surface area contributed by atoms with E-state index in [1.54, 1.807) is 23.5 Å². The van der Waals surface area contributed by atoms with E-state index in [0.29, 0.717) is 23.3 Å². The Labute approximate surface area is 160 Å². The lowest BCUT2D eigenvalue weighted by atomic mass is 9.82. The van der Waals surface area contributed by atoms with Crippen LogP contribution in [0.3, 0.4) is 0 Å². The molecule has 2 aliphatic rings. The molecule has 1 saturated heterocycles. The number of rotatable bonds is 3. The lowest BCUT2D eigenvalue weighted by molar-refractivity contribution is 0.113. The number of piperidine rings is 1. The first-order valence-electron chi connectivity index (χ1n) is 9.08. The van der Waals surface area contributed by atoms with Crippen LogP contribution in [0.1, 0.15) is 23.7 Å². The minimum Gasteiger partial charge on any atom is -0.384 e. The average molecular weight is 380 g/mol. The molecule has 2 bridgehead atoms. The summed E-state index contributed by atoms with van der Waals surface area (Å²) in [5.74, 6) is 1.26. The van der Waals surface area contributed by atoms with E-state index in [4.69, 9.17) is 5.73 Å². The van der Waals surface area contributed by atoms with Crippen molar-refractivity contribution in [3.63, 3.8) is 0 Å². The van der Waals surface area contributed by atoms with Crippen LogP contribution in [0.2, 0.25) is 0 Å². The molecule has 5 heterocycles. The molecule has 3 aromatic heterocycles. The third-order valence-electron chi connectivity index (χ3n) is 5.49. The molecule has 7 nitrogen and oxygen atoms in total. The van der Waals surface area contributed by atoms with Crippen LogP contribution in [0.5, 0.6) is 0 Å². The summed E-state index contributed by atoms with van der Waals surface area (Å²) in [6, 6.07) is 5.49. The first-order valence-corrected chi connectivity index (χ1v) is 10.0. The number of hydrogen-bond acceptors (Lipinski definition) is 7. The summed E-state index contributed by atoms with van der Waals surface area (Å²) >= 11 is 1.64. The highest BCUT2D eigenvalue weighted by atomic mass is 32.1. The fourth-order valence-corrected chi connectivity index (χ4v) is 4.96. The number of anilines is 1. The lowest BCUT2D eigenvalue weighted by Gasteiger charge is -2.42. The molecule has 8 heteroatoms. The highest BCUT2D eigenvalue weighted by Crippen LogP contribution is 2.36. The minimum absolute atomic E-state index is 0.0438. The van der Waals surface area contributed by atoms with Crippen LogP contribution < -0.4 is 11.3 Å². The second-order valence-electron chi connectivity index (χ2n) is 7.42. The van der Waals surface area contributed by atoms with E-state index in [0.717, 1.165) is 49.6 Å². The first-order chi connectivity index (χ1) is 13.2. The number of nitrogens with zero attached hydrogens (tertiary/aromatic N) is 5. The zero-order valence-corrected chi connectivity index (χ0v) is 15.6. The zero-order chi connectivity index (χ0) is 18.4. The van der Waals surface area contributed by atoms with Gasteiger partial charge in [0, 0.05) is 60.9 Å². The summed E-state index contributed by atoms with van der Waals surface area (Å²) in [5, 5.41) is 2.11. The molecule has 3 aromatic rings. The highest BCUT2D eigenvalue weighted by molar-refractivity contribution is 7.07. The van der Waals surface area contributed by atoms with Gasteiger partial charge in [-0.1, -0.05) is 0 Å². The number of nitrogens with two attached hydrogens (primary N) is 1. The van der Waals surface area contributed by atoms with Crippen LogP contribution in [0, 0.1) is 5.92 Å². The molecule has 2 N–H and O–H groups in total. The Hall–Kier alpha value is -2.58. The maximum absolute atomic E-state index is 12.8. The van der Waals surface area contributed by atoms with Crippen molar-refractivity contribution in [2.45, 2.75) is 25.4 Å². The van der Waals surface area contributed by atoms with Crippen molar-refractivity contribution in [3.8, 4) is 11.3 Å². The summed E-state index contributed by atoms with van der Waals surface area (Å²) in [4.78, 5) is 27.9. The van der Waals surface area contributed by atoms with Crippen LogP contribution in [-0.4, -0.2) is 37.5 Å². The van der Waals surface area contributed by atoms with Gasteiger partial charge in [0.2, 0.25) is 0 Å². The number of aromatic nitrogens is 4. The van der Waals surface area contributed by atoms with Gasteiger partial charge in [0.1, 0.15) is 12.1 Å². The van der Waals surface area contributed by atoms with Crippen molar-refractivity contribution in [1.29, 1.82) is 0 Å². The van der Waals surface area contributed by atoms with Crippen molar-refractivity contribution in [2.24, 2.45) is 5.92 Å². The summed E-state index contributed by atoms with van der Waals surface area (Å²) in [6.07, 6.45) is 2.57. The van der Waals surface area contributed by atoms with E-state index in [2.05, 4.69) is 31.3 Å². The summed E-state index contributed by atoms with van der Waals surface area (Å²) < 4.78 is 1.95. The lowest BCUT2D eigenvalue weighted by Crippen LogP contribution is -2.46. The van der Waals surface area contributed by atoms with Crippen LogP contribution in [0.25, 0.3) is 11.3 Å². The Morgan fingerprint density at radius 1 is 1.15 bits per heavy atom. The van der Waals surface area contributed by atoms with Crippen molar-refractivity contribution in [2.75, 3.05) is 18.8 Å². The van der Waals surface area contributed by atoms with Gasteiger partial charge in [0.05, 0.1) is 16.9 Å². The molecule has 2 atom stereocenters. The second kappa shape index (κ2) is 6.54. The predicted octanol–water partition coefficient (Wildman–Crippen LogP) is 1.96. The van der Waals surface area contributed by atoms with Crippen molar-refractivity contribution < 1.29 is 0 Å². The Balaban J connectivity index is 1.49. The topological polar surface area (TPSA) is 89.9 Å². The molecule has 0 amide bonds. The fraction of sp³-hybridized carbons (Fsp3) is 0.368. The molecule has 1 fully saturated rings. The van der Waals surface area contributed by atoms with Gasteiger partial charge >= 0.3 is 0 Å². The summed E-state index contributed by atoms with van der Waals surface area (Å²) in [7, 11) is 0. The van der Waals surface area contributed by atoms with Gasteiger partial charge in [0.25, 0.3) is 5.56 Å². The molecule has 0 unspecified atom stereocenters. The SMILES string of the molecule is Nc1cc(-c2cc3n(c(=O)c2)C[C@H]2C[C@@H]3CN(Cc3cscn3)C2)ncn1. The zero-order valence-electron chi connectivity index (χ0n) is 14.8. The summed E-state index contributed by atoms with van der Waals surface area (Å²) in [6.45, 7) is 3.63. The molecular formula is C19H20N6OS. The Morgan fingerprint density at radius 3 is 2.89 bits per heavy atom. The Morgan fingerprint density at radius 2 is 2.07 bits per heavy atom. The van der Waals surface area contributed by atoms with Crippen molar-refractivity contribution in [3.05, 3.63) is 57.2 Å². The normalized spacial score (nSPS) is 21.8. The number of pyridine rings is 1. The van der Waals surface area contributed by atoms with Gasteiger partial charge in [0.15, 0.2) is 0 Å². The molecule has 2 aliphatic heterocycles. The maximum atomic E-state index is 12.8. The van der Waals surface area contributed by atoms with Crippen molar-refractivity contribution in [1.82, 2.24) is 24.4 Å². The third kappa shape index (κ3) is 3.15. The molecule has 0 spiro atoms. The largest absolute Gasteiger partial charge is 0.384 e. The van der Waals surface area contributed by atoms with E-state index < -0.39 is 0 Å². The van der Waals surface area contributed by atoms with Crippen LogP contribution in [-0.2, 0) is 13.1 Å². The number of fused-ring (bicyclic) bond motifs is 4. The standard InChI is InChI=1S/C19H20N6OS/c20-18-4-16(21-10-22-18)13-2-17-14-1-12(6-25(17)19(26)3-13)5-24(7-14)8-15-9-27-11-23-15/h2-4,9-12,14H,1,5-8H2,(H2,20,21,22)/t12-,14+/m0/s1. The Bertz CT molecular complexity index is 1030. The van der Waals surface area contributed by atoms with Crippen LogP contribution >= 0.6 is 11.3 Å². The minimum atomic E-state index is 0.0438. The second-order valence-corrected chi connectivity index (χ2v) is 8.14. The molecule has 0 aromatic carbocycles. The Kier molecular flexibility index (Phi) is 4.02. The molecule has 138 valence electrons. The van der Waals surface area contributed by atoms with E-state index in [9.17, 15) is 4.79 Å². The highest BCUT2D eigenvalue weighted by Gasteiger charge is 2.35. The molecule has 0 radical (unpaired) electrons. The number of nitrogen functional groups attached to an aromatic ring is 1. The predicted molar refractivity (Wildman–Crippen MR) is 104 cm³/mol. The van der Waals surface area contributed by atoms with Gasteiger partial charge in [-0.25, -0.2) is 15.0 Å². The smallest absolute Gasteiger partial charge is 0.251 e. The quantitative estimate of drug-likeness (QED) is 0.747. The third-order valence-corrected chi connectivity index (χ3v) is 6.12. The van der Waals surface area contributed by atoms with Gasteiger partial charge in [-0.2, -0.15) is 0 Å². The summed E-state index contributed by atoms with van der Waals surface area (Å²) in [5.41, 5.74) is 11.5. The molecule has 27 heavy (non-hydrogen) atoms. The van der Waals surface area contributed by atoms with Gasteiger partial charge < -0.3 is 10.3 Å². The molecule has 5 rings (SSSR count). The van der Waals surface area contributed by atoms with E-state index in [-0.39, 0.29) is 5.56 Å². The van der Waals surface area contributed by atoms with Crippen LogP contribution in [0.4, 0.5) is 5.82 Å². The number of hydrogen-bond donors (Lipinski definition) is 1. The maximum Gasteiger partial charge on any atom is 0.251 e. The van der Waals surface area contributed by atoms with E-state index in [1.807, 2.05) is 10.1 Å². The number of thiazole rings is 1.